The SMILES string of the molecule is CC(C)(c1ccccc1)c1nn(-c2ccc(C(=O)O)cc2)c2c1CNCC2. The van der Waals surface area contributed by atoms with Gasteiger partial charge in [-0.3, -0.25) is 0 Å². The molecule has 0 atom stereocenters. The van der Waals surface area contributed by atoms with Gasteiger partial charge in [-0.15, -0.1) is 0 Å². The Kier molecular flexibility index (Phi) is 4.32. The topological polar surface area (TPSA) is 67.2 Å². The summed E-state index contributed by atoms with van der Waals surface area (Å²) in [6.45, 7) is 6.13. The van der Waals surface area contributed by atoms with Crippen molar-refractivity contribution >= 4 is 5.97 Å². The molecule has 138 valence electrons. The smallest absolute Gasteiger partial charge is 0.335 e. The molecule has 0 unspecified atom stereocenters. The number of carboxylic acid groups (broad SMARTS) is 1. The highest BCUT2D eigenvalue weighted by atomic mass is 16.4. The lowest BCUT2D eigenvalue weighted by molar-refractivity contribution is 0.0697. The third kappa shape index (κ3) is 3.04. The molecule has 2 aromatic carbocycles. The number of benzene rings is 2. The van der Waals surface area contributed by atoms with E-state index in [0.717, 1.165) is 30.9 Å². The van der Waals surface area contributed by atoms with Crippen LogP contribution in [-0.4, -0.2) is 27.4 Å². The fourth-order valence-corrected chi connectivity index (χ4v) is 3.80. The van der Waals surface area contributed by atoms with Gasteiger partial charge in [0, 0.05) is 30.5 Å². The van der Waals surface area contributed by atoms with Crippen molar-refractivity contribution in [2.24, 2.45) is 0 Å². The lowest BCUT2D eigenvalue weighted by Gasteiger charge is -2.26. The third-order valence-corrected chi connectivity index (χ3v) is 5.38. The van der Waals surface area contributed by atoms with Gasteiger partial charge in [-0.05, 0) is 29.8 Å². The predicted octanol–water partition coefficient (Wildman–Crippen LogP) is 3.54. The number of hydrogen-bond donors (Lipinski definition) is 2. The molecule has 0 saturated heterocycles. The molecule has 0 fully saturated rings. The molecule has 1 aliphatic heterocycles. The van der Waals surface area contributed by atoms with Crippen molar-refractivity contribution in [2.45, 2.75) is 32.2 Å². The van der Waals surface area contributed by atoms with E-state index in [0.29, 0.717) is 0 Å². The zero-order valence-corrected chi connectivity index (χ0v) is 15.6. The number of nitrogens with zero attached hydrogens (tertiary/aromatic N) is 2. The van der Waals surface area contributed by atoms with Crippen LogP contribution in [0.5, 0.6) is 0 Å². The zero-order chi connectivity index (χ0) is 19.0. The van der Waals surface area contributed by atoms with E-state index in [1.807, 2.05) is 22.9 Å². The van der Waals surface area contributed by atoms with Gasteiger partial charge in [-0.1, -0.05) is 44.2 Å². The lowest BCUT2D eigenvalue weighted by atomic mass is 9.79. The van der Waals surface area contributed by atoms with Gasteiger partial charge < -0.3 is 10.4 Å². The summed E-state index contributed by atoms with van der Waals surface area (Å²) < 4.78 is 1.99. The molecule has 4 rings (SSSR count). The van der Waals surface area contributed by atoms with Crippen molar-refractivity contribution in [3.8, 4) is 5.69 Å². The first-order valence-corrected chi connectivity index (χ1v) is 9.19. The minimum absolute atomic E-state index is 0.226. The summed E-state index contributed by atoms with van der Waals surface area (Å²) in [4.78, 5) is 11.1. The van der Waals surface area contributed by atoms with Crippen molar-refractivity contribution in [1.29, 1.82) is 0 Å². The zero-order valence-electron chi connectivity index (χ0n) is 15.6. The van der Waals surface area contributed by atoms with Crippen LogP contribution in [0.2, 0.25) is 0 Å². The second-order valence-electron chi connectivity index (χ2n) is 7.46. The highest BCUT2D eigenvalue weighted by Gasteiger charge is 2.33. The summed E-state index contributed by atoms with van der Waals surface area (Å²) in [5, 5.41) is 17.6. The number of carboxylic acids is 1. The van der Waals surface area contributed by atoms with Crippen molar-refractivity contribution in [3.63, 3.8) is 0 Å². The second kappa shape index (κ2) is 6.67. The Morgan fingerprint density at radius 2 is 1.81 bits per heavy atom. The Hall–Kier alpha value is -2.92. The minimum Gasteiger partial charge on any atom is -0.478 e. The average Bonchev–Trinajstić information content (AvgIpc) is 3.09. The van der Waals surface area contributed by atoms with Crippen LogP contribution in [0, 0.1) is 0 Å². The van der Waals surface area contributed by atoms with Crippen LogP contribution in [0.3, 0.4) is 0 Å². The first-order valence-electron chi connectivity index (χ1n) is 9.19. The number of rotatable bonds is 4. The lowest BCUT2D eigenvalue weighted by Crippen LogP contribution is -2.27. The number of aromatic carboxylic acids is 1. The van der Waals surface area contributed by atoms with Gasteiger partial charge in [0.25, 0.3) is 0 Å². The summed E-state index contributed by atoms with van der Waals surface area (Å²) in [6, 6.07) is 17.4. The molecule has 2 heterocycles. The first-order chi connectivity index (χ1) is 13.0. The molecule has 0 saturated carbocycles. The molecule has 1 aromatic heterocycles. The van der Waals surface area contributed by atoms with Crippen molar-refractivity contribution < 1.29 is 9.90 Å². The maximum absolute atomic E-state index is 11.1. The van der Waals surface area contributed by atoms with Crippen LogP contribution in [0.15, 0.2) is 54.6 Å². The molecule has 1 aliphatic rings. The molecule has 5 heteroatoms. The fourth-order valence-electron chi connectivity index (χ4n) is 3.80. The third-order valence-electron chi connectivity index (χ3n) is 5.38. The summed E-state index contributed by atoms with van der Waals surface area (Å²) in [5.41, 5.74) is 5.70. The molecule has 0 amide bonds. The van der Waals surface area contributed by atoms with Crippen LogP contribution < -0.4 is 5.32 Å². The van der Waals surface area contributed by atoms with E-state index < -0.39 is 5.97 Å². The summed E-state index contributed by atoms with van der Waals surface area (Å²) in [5.74, 6) is -0.917. The minimum atomic E-state index is -0.917. The Bertz CT molecular complexity index is 973. The molecule has 0 radical (unpaired) electrons. The molecule has 0 aliphatic carbocycles. The normalized spacial score (nSPS) is 14.0. The van der Waals surface area contributed by atoms with Crippen LogP contribution >= 0.6 is 0 Å². The molecule has 3 aromatic rings. The number of hydrogen-bond acceptors (Lipinski definition) is 3. The fraction of sp³-hybridized carbons (Fsp3) is 0.273. The van der Waals surface area contributed by atoms with Gasteiger partial charge in [0.2, 0.25) is 0 Å². The van der Waals surface area contributed by atoms with E-state index in [2.05, 4.69) is 43.4 Å². The van der Waals surface area contributed by atoms with E-state index in [9.17, 15) is 4.79 Å². The molecule has 0 bridgehead atoms. The first kappa shape index (κ1) is 17.5. The molecule has 2 N–H and O–H groups in total. The quantitative estimate of drug-likeness (QED) is 0.746. The van der Waals surface area contributed by atoms with Gasteiger partial charge in [0.15, 0.2) is 0 Å². The Labute approximate surface area is 158 Å². The molecule has 5 nitrogen and oxygen atoms in total. The predicted molar refractivity (Wildman–Crippen MR) is 105 cm³/mol. The van der Waals surface area contributed by atoms with Gasteiger partial charge in [-0.2, -0.15) is 5.10 Å². The van der Waals surface area contributed by atoms with E-state index in [4.69, 9.17) is 10.2 Å². The Morgan fingerprint density at radius 3 is 2.48 bits per heavy atom. The van der Waals surface area contributed by atoms with Gasteiger partial charge in [0.05, 0.1) is 22.6 Å². The Balaban J connectivity index is 1.84. The van der Waals surface area contributed by atoms with Gasteiger partial charge in [-0.25, -0.2) is 9.48 Å². The number of carbonyl (C=O) groups is 1. The monoisotopic (exact) mass is 361 g/mol. The van der Waals surface area contributed by atoms with E-state index in [-0.39, 0.29) is 11.0 Å². The maximum Gasteiger partial charge on any atom is 0.335 e. The van der Waals surface area contributed by atoms with E-state index in [1.54, 1.807) is 12.1 Å². The van der Waals surface area contributed by atoms with Crippen molar-refractivity contribution in [3.05, 3.63) is 82.7 Å². The summed E-state index contributed by atoms with van der Waals surface area (Å²) >= 11 is 0. The number of aromatic nitrogens is 2. The van der Waals surface area contributed by atoms with Crippen molar-refractivity contribution in [2.75, 3.05) is 6.54 Å². The standard InChI is InChI=1S/C22H23N3O2/c1-22(2,16-6-4-3-5-7-16)20-18-14-23-13-12-19(18)25(24-20)17-10-8-15(9-11-17)21(26)27/h3-11,23H,12-14H2,1-2H3,(H,26,27). The van der Waals surface area contributed by atoms with Crippen LogP contribution in [0.1, 0.15) is 46.7 Å². The molecular formula is C22H23N3O2. The summed E-state index contributed by atoms with van der Waals surface area (Å²) in [7, 11) is 0. The summed E-state index contributed by atoms with van der Waals surface area (Å²) in [6.07, 6.45) is 0.897. The largest absolute Gasteiger partial charge is 0.478 e. The van der Waals surface area contributed by atoms with Crippen LogP contribution in [-0.2, 0) is 18.4 Å². The van der Waals surface area contributed by atoms with Gasteiger partial charge in [0.1, 0.15) is 0 Å². The van der Waals surface area contributed by atoms with E-state index in [1.165, 1.54) is 16.8 Å². The van der Waals surface area contributed by atoms with E-state index >= 15 is 0 Å². The highest BCUT2D eigenvalue weighted by molar-refractivity contribution is 5.87. The van der Waals surface area contributed by atoms with Crippen molar-refractivity contribution in [1.82, 2.24) is 15.1 Å². The highest BCUT2D eigenvalue weighted by Crippen LogP contribution is 2.35. The average molecular weight is 361 g/mol. The molecular weight excluding hydrogens is 338 g/mol. The molecule has 0 spiro atoms. The molecule has 27 heavy (non-hydrogen) atoms. The van der Waals surface area contributed by atoms with Crippen LogP contribution in [0.25, 0.3) is 5.69 Å². The second-order valence-corrected chi connectivity index (χ2v) is 7.46. The Morgan fingerprint density at radius 1 is 1.11 bits per heavy atom. The van der Waals surface area contributed by atoms with Crippen LogP contribution in [0.4, 0.5) is 0 Å². The number of nitrogens with one attached hydrogen (secondary N) is 1. The van der Waals surface area contributed by atoms with Gasteiger partial charge >= 0.3 is 5.97 Å². The number of fused-ring (bicyclic) bond motifs is 1. The maximum atomic E-state index is 11.1.